The summed E-state index contributed by atoms with van der Waals surface area (Å²) in [5.41, 5.74) is -1.50. The molecule has 0 spiro atoms. The lowest BCUT2D eigenvalue weighted by molar-refractivity contribution is -0.107. The summed E-state index contributed by atoms with van der Waals surface area (Å²) < 4.78 is 4.51. The van der Waals surface area contributed by atoms with E-state index in [1.165, 1.54) is 24.3 Å². The van der Waals surface area contributed by atoms with Gasteiger partial charge in [-0.15, -0.1) is 0 Å². The molecule has 112 valence electrons. The standard InChI is InChI=1S/C7H7BO4.C6H14O2/c9-5-6-1-3-7(4-2-6)12-8(10)11;1-5(2,7)6(3,4)8/h1-5,10-11H;7-8H,1-4H3. The number of aliphatic hydroxyl groups is 2. The summed E-state index contributed by atoms with van der Waals surface area (Å²) in [6.07, 6.45) is 0.694. The summed E-state index contributed by atoms with van der Waals surface area (Å²) in [6.45, 7) is 6.31. The molecular formula is C13H21BO6. The summed E-state index contributed by atoms with van der Waals surface area (Å²) in [7, 11) is -1.83. The van der Waals surface area contributed by atoms with E-state index >= 15 is 0 Å². The molecule has 0 radical (unpaired) electrons. The van der Waals surface area contributed by atoms with Crippen LogP contribution in [0.4, 0.5) is 0 Å². The Bertz CT molecular complexity index is 390. The van der Waals surface area contributed by atoms with Crippen LogP contribution in [0.1, 0.15) is 38.1 Å². The zero-order valence-electron chi connectivity index (χ0n) is 12.1. The normalized spacial score (nSPS) is 11.2. The second-order valence-corrected chi connectivity index (χ2v) is 5.25. The van der Waals surface area contributed by atoms with Crippen LogP contribution in [0.5, 0.6) is 5.75 Å². The van der Waals surface area contributed by atoms with E-state index in [1.807, 2.05) is 0 Å². The predicted molar refractivity (Wildman–Crippen MR) is 75.2 cm³/mol. The third kappa shape index (κ3) is 7.25. The Hall–Kier alpha value is -1.41. The van der Waals surface area contributed by atoms with Crippen molar-refractivity contribution in [3.05, 3.63) is 29.8 Å². The highest BCUT2D eigenvalue weighted by Gasteiger charge is 2.31. The van der Waals surface area contributed by atoms with Crippen LogP contribution in [-0.2, 0) is 0 Å². The van der Waals surface area contributed by atoms with E-state index in [9.17, 15) is 4.79 Å². The lowest BCUT2D eigenvalue weighted by atomic mass is 9.90. The number of carbonyl (C=O) groups excluding carboxylic acids is 1. The van der Waals surface area contributed by atoms with Crippen molar-refractivity contribution in [2.45, 2.75) is 38.9 Å². The molecule has 0 aliphatic carbocycles. The molecule has 1 aromatic carbocycles. The second-order valence-electron chi connectivity index (χ2n) is 5.25. The van der Waals surface area contributed by atoms with E-state index < -0.39 is 18.5 Å². The van der Waals surface area contributed by atoms with Gasteiger partial charge in [-0.2, -0.15) is 0 Å². The van der Waals surface area contributed by atoms with Crippen molar-refractivity contribution in [1.82, 2.24) is 0 Å². The summed E-state index contributed by atoms with van der Waals surface area (Å²) in [4.78, 5) is 10.2. The molecule has 0 aliphatic rings. The number of rotatable bonds is 4. The number of aldehydes is 1. The lowest BCUT2D eigenvalue weighted by Crippen LogP contribution is -2.44. The fraction of sp³-hybridized carbons (Fsp3) is 0.462. The molecule has 0 amide bonds. The molecule has 0 bridgehead atoms. The summed E-state index contributed by atoms with van der Waals surface area (Å²) in [5, 5.41) is 35.0. The smallest absolute Gasteiger partial charge is 0.512 e. The first-order valence-corrected chi connectivity index (χ1v) is 6.00. The third-order valence-corrected chi connectivity index (χ3v) is 2.75. The zero-order chi connectivity index (χ0) is 16.0. The monoisotopic (exact) mass is 284 g/mol. The molecule has 6 nitrogen and oxygen atoms in total. The molecule has 0 atom stereocenters. The molecule has 0 saturated heterocycles. The van der Waals surface area contributed by atoms with Crippen LogP contribution in [0.15, 0.2) is 24.3 Å². The van der Waals surface area contributed by atoms with Crippen LogP contribution < -0.4 is 4.65 Å². The number of hydrogen-bond acceptors (Lipinski definition) is 6. The fourth-order valence-corrected chi connectivity index (χ4v) is 0.747. The minimum absolute atomic E-state index is 0.301. The number of benzene rings is 1. The van der Waals surface area contributed by atoms with Crippen LogP contribution >= 0.6 is 0 Å². The van der Waals surface area contributed by atoms with Crippen molar-refractivity contribution in [2.24, 2.45) is 0 Å². The second kappa shape index (κ2) is 7.40. The zero-order valence-corrected chi connectivity index (χ0v) is 12.1. The van der Waals surface area contributed by atoms with Crippen molar-refractivity contribution >= 4 is 13.6 Å². The van der Waals surface area contributed by atoms with Crippen LogP contribution in [0, 0.1) is 0 Å². The molecule has 0 saturated carbocycles. The minimum Gasteiger partial charge on any atom is -0.512 e. The highest BCUT2D eigenvalue weighted by molar-refractivity contribution is 6.33. The van der Waals surface area contributed by atoms with Gasteiger partial charge in [0.05, 0.1) is 11.2 Å². The van der Waals surface area contributed by atoms with Crippen molar-refractivity contribution in [3.63, 3.8) is 0 Å². The molecule has 20 heavy (non-hydrogen) atoms. The minimum atomic E-state index is -1.83. The first-order chi connectivity index (χ1) is 8.97. The average molecular weight is 284 g/mol. The van der Waals surface area contributed by atoms with Crippen LogP contribution in [0.25, 0.3) is 0 Å². The summed E-state index contributed by atoms with van der Waals surface area (Å²) >= 11 is 0. The molecule has 0 fully saturated rings. The first-order valence-electron chi connectivity index (χ1n) is 6.00. The molecular weight excluding hydrogens is 263 g/mol. The Morgan fingerprint density at radius 3 is 1.65 bits per heavy atom. The number of hydrogen-bond donors (Lipinski definition) is 4. The summed E-state index contributed by atoms with van der Waals surface area (Å²) in [6, 6.07) is 5.99. The van der Waals surface area contributed by atoms with Crippen molar-refractivity contribution in [2.75, 3.05) is 0 Å². The Morgan fingerprint density at radius 2 is 1.40 bits per heavy atom. The van der Waals surface area contributed by atoms with Gasteiger partial charge in [0.25, 0.3) is 0 Å². The Kier molecular flexibility index (Phi) is 6.88. The van der Waals surface area contributed by atoms with Gasteiger partial charge in [0.15, 0.2) is 0 Å². The van der Waals surface area contributed by atoms with Gasteiger partial charge >= 0.3 is 7.32 Å². The Morgan fingerprint density at radius 1 is 1.00 bits per heavy atom. The molecule has 0 aliphatic heterocycles. The maximum atomic E-state index is 10.2. The van der Waals surface area contributed by atoms with Gasteiger partial charge in [-0.3, -0.25) is 4.79 Å². The molecule has 0 aromatic heterocycles. The SMILES string of the molecule is CC(C)(O)C(C)(C)O.O=Cc1ccc(OB(O)O)cc1. The third-order valence-electron chi connectivity index (χ3n) is 2.75. The molecule has 0 heterocycles. The quantitative estimate of drug-likeness (QED) is 0.470. The van der Waals surface area contributed by atoms with Crippen molar-refractivity contribution in [1.29, 1.82) is 0 Å². The maximum absolute atomic E-state index is 10.2. The van der Waals surface area contributed by atoms with Gasteiger partial charge in [-0.25, -0.2) is 0 Å². The van der Waals surface area contributed by atoms with E-state index in [-0.39, 0.29) is 0 Å². The highest BCUT2D eigenvalue weighted by atomic mass is 16.6. The van der Waals surface area contributed by atoms with Crippen molar-refractivity contribution in [3.8, 4) is 5.75 Å². The Labute approximate surface area is 118 Å². The van der Waals surface area contributed by atoms with E-state index in [0.717, 1.165) is 0 Å². The van der Waals surface area contributed by atoms with Gasteiger partial charge < -0.3 is 24.9 Å². The van der Waals surface area contributed by atoms with Gasteiger partial charge in [0, 0.05) is 5.56 Å². The number of carbonyl (C=O) groups is 1. The molecule has 1 rings (SSSR count). The van der Waals surface area contributed by atoms with E-state index in [0.29, 0.717) is 17.6 Å². The lowest BCUT2D eigenvalue weighted by Gasteiger charge is -2.31. The van der Waals surface area contributed by atoms with Gasteiger partial charge in [0.2, 0.25) is 0 Å². The van der Waals surface area contributed by atoms with Gasteiger partial charge in [0.1, 0.15) is 12.0 Å². The van der Waals surface area contributed by atoms with Gasteiger partial charge in [-0.05, 0) is 52.0 Å². The van der Waals surface area contributed by atoms with E-state index in [2.05, 4.69) is 4.65 Å². The van der Waals surface area contributed by atoms with Crippen LogP contribution in [0.3, 0.4) is 0 Å². The topological polar surface area (TPSA) is 107 Å². The molecule has 7 heteroatoms. The molecule has 4 N–H and O–H groups in total. The molecule has 1 aromatic rings. The highest BCUT2D eigenvalue weighted by Crippen LogP contribution is 2.19. The van der Waals surface area contributed by atoms with Crippen molar-refractivity contribution < 1.29 is 29.7 Å². The average Bonchev–Trinajstić information content (AvgIpc) is 2.27. The fourth-order valence-electron chi connectivity index (χ4n) is 0.747. The predicted octanol–water partition coefficient (Wildman–Crippen LogP) is 0.376. The first kappa shape index (κ1) is 18.6. The van der Waals surface area contributed by atoms with Gasteiger partial charge in [-0.1, -0.05) is 0 Å². The van der Waals surface area contributed by atoms with E-state index in [1.54, 1.807) is 27.7 Å². The maximum Gasteiger partial charge on any atom is 0.707 e. The van der Waals surface area contributed by atoms with Crippen LogP contribution in [0.2, 0.25) is 0 Å². The summed E-state index contributed by atoms with van der Waals surface area (Å²) in [5.74, 6) is 0.301. The van der Waals surface area contributed by atoms with E-state index in [4.69, 9.17) is 20.3 Å². The van der Waals surface area contributed by atoms with Crippen LogP contribution in [-0.4, -0.2) is 45.1 Å². The largest absolute Gasteiger partial charge is 0.707 e. The molecule has 0 unspecified atom stereocenters. The Balaban J connectivity index is 0.000000396.